The van der Waals surface area contributed by atoms with Gasteiger partial charge in [0.25, 0.3) is 0 Å². The van der Waals surface area contributed by atoms with E-state index in [2.05, 4.69) is 38.2 Å². The van der Waals surface area contributed by atoms with Crippen LogP contribution in [0, 0.1) is 26.0 Å². The molecule has 0 aromatic heterocycles. The van der Waals surface area contributed by atoms with Crippen LogP contribution >= 0.6 is 0 Å². The first-order valence-electron chi connectivity index (χ1n) is 4.85. The van der Waals surface area contributed by atoms with E-state index in [1.807, 2.05) is 24.3 Å². The molecule has 0 aliphatic heterocycles. The molecule has 0 atom stereocenters. The molecule has 0 N–H and O–H groups in total. The minimum absolute atomic E-state index is 0. The maximum atomic E-state index is 3.25. The Bertz CT molecular complexity index is 158. The first-order chi connectivity index (χ1) is 7.00. The molecule has 0 amide bonds. The van der Waals surface area contributed by atoms with Crippen LogP contribution in [0.15, 0.2) is 36.5 Å². The Morgan fingerprint density at radius 3 is 1.11 bits per heavy atom. The van der Waals surface area contributed by atoms with Gasteiger partial charge in [-0.05, 0) is 0 Å². The molecule has 0 nitrogen and oxygen atoms in total. The van der Waals surface area contributed by atoms with Crippen molar-refractivity contribution in [1.82, 2.24) is 0 Å². The third-order valence-corrected chi connectivity index (χ3v) is 1.17. The fourth-order valence-electron chi connectivity index (χ4n) is 0.680. The molecule has 0 aromatic rings. The number of hydrogen-bond donors (Lipinski definition) is 0. The Morgan fingerprint density at radius 2 is 1.06 bits per heavy atom. The zero-order valence-corrected chi connectivity index (χ0v) is 17.3. The molecule has 0 saturated heterocycles. The SMILES string of the molecule is [C-]1=CC=CC1.[C-]1=CC=CC1.[CH2-]C.[CH2-]C.[Cl-].[Cl-].[Ti+4].[Zn+2]. The standard InChI is InChI=1S/2C5H5.2C2H5.2ClH.Ti.Zn/c2*1-2-4-5-3-1;2*1-2;;;;/h2*1-3H,4H2;2*1H2,2H3;2*1H;;/q4*-1;;;+4;+2/p-2. The van der Waals surface area contributed by atoms with Gasteiger partial charge in [0.05, 0.1) is 0 Å². The van der Waals surface area contributed by atoms with Gasteiger partial charge in [-0.15, -0.1) is 12.8 Å². The van der Waals surface area contributed by atoms with Gasteiger partial charge in [0.2, 0.25) is 0 Å². The van der Waals surface area contributed by atoms with Gasteiger partial charge in [0.1, 0.15) is 0 Å². The molecule has 2 rings (SSSR count). The zero-order valence-electron chi connectivity index (χ0n) is 11.3. The molecule has 0 spiro atoms. The Morgan fingerprint density at radius 1 is 0.778 bits per heavy atom. The van der Waals surface area contributed by atoms with E-state index in [1.54, 1.807) is 13.8 Å². The molecule has 18 heavy (non-hydrogen) atoms. The van der Waals surface area contributed by atoms with Gasteiger partial charge in [-0.2, -0.15) is 26.0 Å². The summed E-state index contributed by atoms with van der Waals surface area (Å²) in [6, 6.07) is 0. The van der Waals surface area contributed by atoms with Gasteiger partial charge in [-0.1, -0.05) is 0 Å². The van der Waals surface area contributed by atoms with E-state index >= 15 is 0 Å². The van der Waals surface area contributed by atoms with E-state index < -0.39 is 0 Å². The topological polar surface area (TPSA) is 0 Å². The summed E-state index contributed by atoms with van der Waals surface area (Å²) in [5.74, 6) is 0. The summed E-state index contributed by atoms with van der Waals surface area (Å²) < 4.78 is 0. The first kappa shape index (κ1) is 36.4. The molecule has 2 aliphatic rings. The summed E-state index contributed by atoms with van der Waals surface area (Å²) in [5, 5.41) is 0. The molecule has 2 aliphatic carbocycles. The van der Waals surface area contributed by atoms with E-state index in [9.17, 15) is 0 Å². The largest absolute Gasteiger partial charge is 4.00 e. The fourth-order valence-corrected chi connectivity index (χ4v) is 0.680. The van der Waals surface area contributed by atoms with Gasteiger partial charge < -0.3 is 38.7 Å². The van der Waals surface area contributed by atoms with Gasteiger partial charge >= 0.3 is 41.2 Å². The van der Waals surface area contributed by atoms with E-state index in [1.165, 1.54) is 0 Å². The average Bonchev–Trinajstić information content (AvgIpc) is 3.01. The summed E-state index contributed by atoms with van der Waals surface area (Å²) in [6.45, 7) is 10.0. The minimum Gasteiger partial charge on any atom is -1.00 e. The van der Waals surface area contributed by atoms with Crippen LogP contribution in [-0.2, 0) is 41.2 Å². The van der Waals surface area contributed by atoms with E-state index in [-0.39, 0.29) is 66.0 Å². The summed E-state index contributed by atoms with van der Waals surface area (Å²) >= 11 is 0. The smallest absolute Gasteiger partial charge is 1.00 e. The first-order valence-corrected chi connectivity index (χ1v) is 4.85. The Kier molecular flexibility index (Phi) is 87.0. The molecule has 0 fully saturated rings. The van der Waals surface area contributed by atoms with Crippen molar-refractivity contribution >= 4 is 0 Å². The summed E-state index contributed by atoms with van der Waals surface area (Å²) in [4.78, 5) is 0. The van der Waals surface area contributed by atoms with Crippen molar-refractivity contribution in [2.24, 2.45) is 0 Å². The van der Waals surface area contributed by atoms with Crippen molar-refractivity contribution in [3.05, 3.63) is 62.5 Å². The monoisotopic (exact) mass is 370 g/mol. The van der Waals surface area contributed by atoms with Crippen molar-refractivity contribution in [1.29, 1.82) is 0 Å². The summed E-state index contributed by atoms with van der Waals surface area (Å²) in [6.07, 6.45) is 20.0. The molecule has 4 heteroatoms. The second kappa shape index (κ2) is 43.0. The number of hydrogen-bond acceptors (Lipinski definition) is 0. The number of halogens is 2. The number of allylic oxidation sites excluding steroid dienone is 8. The fraction of sp³-hybridized carbons (Fsp3) is 0.286. The maximum absolute atomic E-state index is 3.25. The van der Waals surface area contributed by atoms with E-state index in [4.69, 9.17) is 0 Å². The molecule has 0 bridgehead atoms. The van der Waals surface area contributed by atoms with Crippen molar-refractivity contribution in [3.63, 3.8) is 0 Å². The third-order valence-electron chi connectivity index (χ3n) is 1.17. The van der Waals surface area contributed by atoms with Gasteiger partial charge in [0, 0.05) is 0 Å². The van der Waals surface area contributed by atoms with Crippen LogP contribution < -0.4 is 24.8 Å². The van der Waals surface area contributed by atoms with Crippen LogP contribution in [0.2, 0.25) is 0 Å². The molecule has 0 radical (unpaired) electrons. The molecular weight excluding hydrogens is 352 g/mol. The average molecular weight is 372 g/mol. The second-order valence-electron chi connectivity index (χ2n) is 2.01. The maximum Gasteiger partial charge on any atom is 4.00 e. The van der Waals surface area contributed by atoms with Crippen LogP contribution in [0.25, 0.3) is 0 Å². The van der Waals surface area contributed by atoms with E-state index in [0.29, 0.717) is 0 Å². The Balaban J connectivity index is -0.0000000268. The minimum atomic E-state index is 0. The predicted molar refractivity (Wildman–Crippen MR) is 65.2 cm³/mol. The van der Waals surface area contributed by atoms with Crippen LogP contribution in [-0.4, -0.2) is 0 Å². The zero-order chi connectivity index (χ0) is 11.1. The third kappa shape index (κ3) is 36.0. The van der Waals surface area contributed by atoms with Crippen LogP contribution in [0.3, 0.4) is 0 Å². The summed E-state index contributed by atoms with van der Waals surface area (Å²) in [7, 11) is 0. The van der Waals surface area contributed by atoms with E-state index in [0.717, 1.165) is 12.8 Å². The van der Waals surface area contributed by atoms with Gasteiger partial charge in [-0.25, -0.2) is 24.3 Å². The quantitative estimate of drug-likeness (QED) is 0.351. The van der Waals surface area contributed by atoms with Crippen LogP contribution in [0.1, 0.15) is 26.7 Å². The molecule has 96 valence electrons. The van der Waals surface area contributed by atoms with Crippen LogP contribution in [0.5, 0.6) is 0 Å². The van der Waals surface area contributed by atoms with Crippen molar-refractivity contribution < 1.29 is 66.0 Å². The van der Waals surface area contributed by atoms with Gasteiger partial charge in [-0.3, -0.25) is 12.2 Å². The molecule has 0 aromatic carbocycles. The van der Waals surface area contributed by atoms with Crippen molar-refractivity contribution in [2.45, 2.75) is 26.7 Å². The number of rotatable bonds is 0. The predicted octanol–water partition coefficient (Wildman–Crippen LogP) is -1.70. The van der Waals surface area contributed by atoms with Gasteiger partial charge in [0.15, 0.2) is 0 Å². The van der Waals surface area contributed by atoms with Crippen molar-refractivity contribution in [2.75, 3.05) is 0 Å². The molecule has 0 unspecified atom stereocenters. The molecule has 0 heterocycles. The molecule has 0 saturated carbocycles. The van der Waals surface area contributed by atoms with Crippen LogP contribution in [0.4, 0.5) is 0 Å². The van der Waals surface area contributed by atoms with Crippen molar-refractivity contribution in [3.8, 4) is 0 Å². The Labute approximate surface area is 154 Å². The normalized spacial score (nSPS) is 10.4. The summed E-state index contributed by atoms with van der Waals surface area (Å²) in [5.41, 5.74) is 0. The molecular formula is C14H20Cl2TiZn. The second-order valence-corrected chi connectivity index (χ2v) is 2.01. The Hall–Kier alpha value is 0.878.